The molecule has 0 saturated carbocycles. The van der Waals surface area contributed by atoms with Gasteiger partial charge in [0, 0.05) is 17.8 Å². The Kier molecular flexibility index (Phi) is 3.23. The maximum atomic E-state index is 11.9. The molecule has 1 aliphatic carbocycles. The Morgan fingerprint density at radius 1 is 1.25 bits per heavy atom. The molecule has 0 saturated heterocycles. The molecule has 1 aromatic heterocycles. The van der Waals surface area contributed by atoms with Crippen molar-refractivity contribution in [3.63, 3.8) is 0 Å². The summed E-state index contributed by atoms with van der Waals surface area (Å²) in [4.78, 5) is 16.1. The first-order valence-corrected chi connectivity index (χ1v) is 6.10. The van der Waals surface area contributed by atoms with Gasteiger partial charge in [0.1, 0.15) is 18.5 Å². The molecule has 0 radical (unpaired) electrons. The van der Waals surface area contributed by atoms with Gasteiger partial charge in [0.15, 0.2) is 0 Å². The highest BCUT2D eigenvalue weighted by molar-refractivity contribution is 5.73. The number of aromatic nitrogens is 2. The first kappa shape index (κ1) is 12.1. The summed E-state index contributed by atoms with van der Waals surface area (Å²) < 4.78 is 6.52. The van der Waals surface area contributed by atoms with Crippen LogP contribution in [0.1, 0.15) is 0 Å². The van der Waals surface area contributed by atoms with Crippen molar-refractivity contribution in [3.8, 4) is 11.3 Å². The topological polar surface area (TPSA) is 44.1 Å². The summed E-state index contributed by atoms with van der Waals surface area (Å²) in [6, 6.07) is 9.65. The summed E-state index contributed by atoms with van der Waals surface area (Å²) in [6.45, 7) is 0. The van der Waals surface area contributed by atoms with Crippen molar-refractivity contribution < 1.29 is 9.53 Å². The average Bonchev–Trinajstić information content (AvgIpc) is 2.99. The summed E-state index contributed by atoms with van der Waals surface area (Å²) in [6.07, 6.45) is 12.2. The minimum absolute atomic E-state index is 0.451. The van der Waals surface area contributed by atoms with Crippen molar-refractivity contribution in [1.82, 2.24) is 9.55 Å². The van der Waals surface area contributed by atoms with E-state index < -0.39 is 6.09 Å². The highest BCUT2D eigenvalue weighted by atomic mass is 16.6. The quantitative estimate of drug-likeness (QED) is 0.780. The fourth-order valence-corrected chi connectivity index (χ4v) is 1.77. The molecule has 1 aliphatic rings. The molecule has 0 spiro atoms. The molecule has 0 N–H and O–H groups in total. The minimum atomic E-state index is -0.501. The van der Waals surface area contributed by atoms with E-state index in [4.69, 9.17) is 4.74 Å². The third kappa shape index (κ3) is 2.55. The van der Waals surface area contributed by atoms with E-state index in [9.17, 15) is 4.79 Å². The van der Waals surface area contributed by atoms with Gasteiger partial charge < -0.3 is 4.74 Å². The van der Waals surface area contributed by atoms with Gasteiger partial charge in [0.05, 0.1) is 17.8 Å². The number of benzene rings is 1. The number of allylic oxidation sites excluding steroid dienone is 5. The standard InChI is InChI=1S/C16H11N2O2/c19-16(20-14-9-5-2-6-10-14)18-11-15(17-12-18)13-7-3-1-4-8-13/h1-5,7-12H/q+1. The van der Waals surface area contributed by atoms with Crippen LogP contribution in [-0.2, 0) is 4.74 Å². The number of hydrogen-bond acceptors (Lipinski definition) is 3. The van der Waals surface area contributed by atoms with Crippen molar-refractivity contribution in [2.24, 2.45) is 0 Å². The van der Waals surface area contributed by atoms with Gasteiger partial charge in [-0.1, -0.05) is 30.3 Å². The van der Waals surface area contributed by atoms with E-state index in [1.54, 1.807) is 30.5 Å². The number of hydrogen-bond donors (Lipinski definition) is 0. The number of rotatable bonds is 2. The fraction of sp³-hybridized carbons (Fsp3) is 0. The number of carbonyl (C=O) groups is 1. The zero-order valence-corrected chi connectivity index (χ0v) is 10.6. The van der Waals surface area contributed by atoms with Gasteiger partial charge in [-0.3, -0.25) is 0 Å². The highest BCUT2D eigenvalue weighted by Gasteiger charge is 2.14. The predicted octanol–water partition coefficient (Wildman–Crippen LogP) is 3.35. The number of nitrogens with zero attached hydrogens (tertiary/aromatic N) is 2. The molecule has 4 nitrogen and oxygen atoms in total. The third-order valence-electron chi connectivity index (χ3n) is 2.75. The molecule has 4 heteroatoms. The Morgan fingerprint density at radius 3 is 2.85 bits per heavy atom. The number of carbonyl (C=O) groups excluding carboxylic acids is 1. The van der Waals surface area contributed by atoms with Gasteiger partial charge in [0.2, 0.25) is 5.76 Å². The molecule has 0 bridgehead atoms. The van der Waals surface area contributed by atoms with Crippen LogP contribution < -0.4 is 0 Å². The van der Waals surface area contributed by atoms with Crippen LogP contribution in [0.15, 0.2) is 72.9 Å². The number of ether oxygens (including phenoxy) is 1. The molecule has 0 amide bonds. The SMILES string of the molecule is O=C(OC1=CC=C[C+]=C1)n1cnc(-c2ccccc2)c1. The van der Waals surface area contributed by atoms with Crippen LogP contribution in [0.5, 0.6) is 0 Å². The van der Waals surface area contributed by atoms with Gasteiger partial charge in [-0.05, 0) is 0 Å². The van der Waals surface area contributed by atoms with Gasteiger partial charge in [-0.15, -0.1) is 0 Å². The van der Waals surface area contributed by atoms with Crippen molar-refractivity contribution in [1.29, 1.82) is 0 Å². The lowest BCUT2D eigenvalue weighted by atomic mass is 10.2. The maximum Gasteiger partial charge on any atom is 0.437 e. The van der Waals surface area contributed by atoms with E-state index in [0.717, 1.165) is 11.3 Å². The largest absolute Gasteiger partial charge is 0.437 e. The first-order valence-electron chi connectivity index (χ1n) is 6.10. The Hall–Kier alpha value is -2.97. The van der Waals surface area contributed by atoms with Crippen LogP contribution in [0.4, 0.5) is 4.79 Å². The summed E-state index contributed by atoms with van der Waals surface area (Å²) in [7, 11) is 0. The lowest BCUT2D eigenvalue weighted by molar-refractivity contribution is 0.181. The van der Waals surface area contributed by atoms with E-state index in [0.29, 0.717) is 5.76 Å². The Bertz CT molecular complexity index is 709. The monoisotopic (exact) mass is 263 g/mol. The third-order valence-corrected chi connectivity index (χ3v) is 2.75. The number of imidazole rings is 1. The van der Waals surface area contributed by atoms with Crippen LogP contribution in [0.3, 0.4) is 0 Å². The Morgan fingerprint density at radius 2 is 2.10 bits per heavy atom. The average molecular weight is 263 g/mol. The Balaban J connectivity index is 1.77. The lowest BCUT2D eigenvalue weighted by Crippen LogP contribution is -2.11. The van der Waals surface area contributed by atoms with Crippen molar-refractivity contribution in [3.05, 3.63) is 79.0 Å². The smallest absolute Gasteiger partial charge is 0.343 e. The van der Waals surface area contributed by atoms with E-state index >= 15 is 0 Å². The van der Waals surface area contributed by atoms with Crippen LogP contribution in [0.25, 0.3) is 11.3 Å². The second kappa shape index (κ2) is 5.34. The van der Waals surface area contributed by atoms with Gasteiger partial charge in [-0.25, -0.2) is 14.3 Å². The van der Waals surface area contributed by atoms with Gasteiger partial charge in [-0.2, -0.15) is 0 Å². The predicted molar refractivity (Wildman–Crippen MR) is 74.6 cm³/mol. The van der Waals surface area contributed by atoms with Crippen LogP contribution in [0, 0.1) is 6.08 Å². The molecule has 2 aromatic rings. The minimum Gasteiger partial charge on any atom is -0.343 e. The zero-order valence-electron chi connectivity index (χ0n) is 10.6. The molecule has 96 valence electrons. The van der Waals surface area contributed by atoms with E-state index in [1.807, 2.05) is 30.3 Å². The molecular formula is C16H11N2O2+. The van der Waals surface area contributed by atoms with Crippen molar-refractivity contribution in [2.75, 3.05) is 0 Å². The summed E-state index contributed by atoms with van der Waals surface area (Å²) in [5.41, 5.74) is 1.68. The molecule has 0 fully saturated rings. The molecule has 0 atom stereocenters. The Labute approximate surface area is 116 Å². The second-order valence-electron chi connectivity index (χ2n) is 4.14. The first-order chi connectivity index (χ1) is 9.83. The van der Waals surface area contributed by atoms with Gasteiger partial charge in [0.25, 0.3) is 0 Å². The van der Waals surface area contributed by atoms with E-state index in [2.05, 4.69) is 11.1 Å². The van der Waals surface area contributed by atoms with Crippen molar-refractivity contribution in [2.45, 2.75) is 0 Å². The summed E-state index contributed by atoms with van der Waals surface area (Å²) in [5.74, 6) is 0.451. The summed E-state index contributed by atoms with van der Waals surface area (Å²) >= 11 is 0. The van der Waals surface area contributed by atoms with E-state index in [-0.39, 0.29) is 0 Å². The second-order valence-corrected chi connectivity index (χ2v) is 4.14. The highest BCUT2D eigenvalue weighted by Crippen LogP contribution is 2.16. The molecule has 0 aliphatic heterocycles. The molecule has 0 unspecified atom stereocenters. The molecule has 1 aromatic carbocycles. The van der Waals surface area contributed by atoms with Crippen LogP contribution in [-0.4, -0.2) is 15.6 Å². The molecule has 3 rings (SSSR count). The summed E-state index contributed by atoms with van der Waals surface area (Å²) in [5, 5.41) is 0. The van der Waals surface area contributed by atoms with E-state index in [1.165, 1.54) is 10.9 Å². The normalized spacial score (nSPS) is 12.7. The molecular weight excluding hydrogens is 252 g/mol. The van der Waals surface area contributed by atoms with Crippen molar-refractivity contribution >= 4 is 6.09 Å². The zero-order chi connectivity index (χ0) is 13.8. The fourth-order valence-electron chi connectivity index (χ4n) is 1.77. The van der Waals surface area contributed by atoms with Crippen LogP contribution in [0.2, 0.25) is 0 Å². The molecule has 20 heavy (non-hydrogen) atoms. The molecule has 1 heterocycles. The van der Waals surface area contributed by atoms with Crippen LogP contribution >= 0.6 is 0 Å². The van der Waals surface area contributed by atoms with Gasteiger partial charge >= 0.3 is 6.09 Å². The maximum absolute atomic E-state index is 11.9. The lowest BCUT2D eigenvalue weighted by Gasteiger charge is -1.99.